The molecule has 0 saturated carbocycles. The highest BCUT2D eigenvalue weighted by Crippen LogP contribution is 2.30. The second kappa shape index (κ2) is 7.46. The van der Waals surface area contributed by atoms with Gasteiger partial charge in [-0.2, -0.15) is 13.1 Å². The van der Waals surface area contributed by atoms with Gasteiger partial charge in [0.05, 0.1) is 0 Å². The average molecular weight is 403 g/mol. The van der Waals surface area contributed by atoms with Gasteiger partial charge in [-0.25, -0.2) is 18.9 Å². The molecule has 0 saturated heterocycles. The molecule has 2 aromatic heterocycles. The fraction of sp³-hybridized carbons (Fsp3) is 0.0667. The highest BCUT2D eigenvalue weighted by Gasteiger charge is 2.17. The molecule has 0 atom stereocenters. The molecule has 4 N–H and O–H groups in total. The lowest BCUT2D eigenvalue weighted by molar-refractivity contribution is 0.499. The van der Waals surface area contributed by atoms with Gasteiger partial charge >= 0.3 is 0 Å². The van der Waals surface area contributed by atoms with E-state index < -0.39 is 28.4 Å². The highest BCUT2D eigenvalue weighted by atomic mass is 35.5. The maximum Gasteiger partial charge on any atom is 0.274 e. The Morgan fingerprint density at radius 3 is 2.50 bits per heavy atom. The number of rotatable bonds is 4. The number of aromatic nitrogens is 2. The molecule has 0 spiro atoms. The summed E-state index contributed by atoms with van der Waals surface area (Å²) in [7, 11) is -4.03. The van der Waals surface area contributed by atoms with Crippen LogP contribution >= 0.6 is 12.4 Å². The van der Waals surface area contributed by atoms with E-state index >= 15 is 0 Å². The van der Waals surface area contributed by atoms with Crippen molar-refractivity contribution in [2.24, 2.45) is 5.14 Å². The molecule has 7 nitrogen and oxygen atoms in total. The van der Waals surface area contributed by atoms with E-state index in [0.29, 0.717) is 10.9 Å². The van der Waals surface area contributed by atoms with Gasteiger partial charge in [0.15, 0.2) is 11.6 Å². The number of hydrogen-bond acceptors (Lipinski definition) is 4. The molecule has 3 aromatic rings. The lowest BCUT2D eigenvalue weighted by Crippen LogP contribution is -2.30. The number of halogens is 3. The molecule has 0 unspecified atom stereocenters. The normalized spacial score (nSPS) is 11.3. The summed E-state index contributed by atoms with van der Waals surface area (Å²) in [5.74, 6) is -2.34. The quantitative estimate of drug-likeness (QED) is 0.614. The lowest BCUT2D eigenvalue weighted by Gasteiger charge is -2.11. The van der Waals surface area contributed by atoms with E-state index in [4.69, 9.17) is 5.14 Å². The number of fused-ring (bicyclic) bond motifs is 1. The van der Waals surface area contributed by atoms with Crippen LogP contribution in [0, 0.1) is 11.6 Å². The Balaban J connectivity index is 0.00000243. The summed E-state index contributed by atoms with van der Waals surface area (Å²) < 4.78 is 52.4. The van der Waals surface area contributed by atoms with Gasteiger partial charge in [-0.3, -0.25) is 4.79 Å². The van der Waals surface area contributed by atoms with E-state index in [2.05, 4.69) is 9.97 Å². The van der Waals surface area contributed by atoms with E-state index in [0.717, 1.165) is 0 Å². The molecule has 11 heteroatoms. The van der Waals surface area contributed by atoms with E-state index in [9.17, 15) is 22.0 Å². The summed E-state index contributed by atoms with van der Waals surface area (Å²) in [4.78, 5) is 17.9. The van der Waals surface area contributed by atoms with Crippen molar-refractivity contribution < 1.29 is 17.2 Å². The van der Waals surface area contributed by atoms with E-state index in [-0.39, 0.29) is 34.7 Å². The monoisotopic (exact) mass is 402 g/mol. The lowest BCUT2D eigenvalue weighted by atomic mass is 10.0. The van der Waals surface area contributed by atoms with Crippen LogP contribution in [-0.4, -0.2) is 18.4 Å². The van der Waals surface area contributed by atoms with E-state index in [1.165, 1.54) is 36.5 Å². The Morgan fingerprint density at radius 2 is 1.81 bits per heavy atom. The van der Waals surface area contributed by atoms with E-state index in [1.54, 1.807) is 0 Å². The number of nitrogens with two attached hydrogens (primary N) is 1. The van der Waals surface area contributed by atoms with Gasteiger partial charge in [0, 0.05) is 35.3 Å². The largest absolute Gasteiger partial charge is 0.307 e. The molecule has 0 aliphatic carbocycles. The first-order chi connectivity index (χ1) is 11.8. The minimum absolute atomic E-state index is 0. The zero-order valence-corrected chi connectivity index (χ0v) is 14.6. The van der Waals surface area contributed by atoms with Crippen LogP contribution in [0.2, 0.25) is 0 Å². The molecule has 1 aromatic carbocycles. The second-order valence-electron chi connectivity index (χ2n) is 5.21. The van der Waals surface area contributed by atoms with Gasteiger partial charge in [-0.05, 0) is 17.7 Å². The fourth-order valence-corrected chi connectivity index (χ4v) is 2.76. The van der Waals surface area contributed by atoms with Crippen LogP contribution in [0.25, 0.3) is 22.2 Å². The average Bonchev–Trinajstić information content (AvgIpc) is 2.55. The van der Waals surface area contributed by atoms with Gasteiger partial charge in [-0.1, -0.05) is 12.1 Å². The molecule has 0 aliphatic heterocycles. The third-order valence-electron chi connectivity index (χ3n) is 3.55. The molecule has 2 heterocycles. The fourth-order valence-electron chi connectivity index (χ4n) is 2.41. The van der Waals surface area contributed by atoms with Crippen molar-refractivity contribution in [2.75, 3.05) is 0 Å². The predicted molar refractivity (Wildman–Crippen MR) is 94.9 cm³/mol. The van der Waals surface area contributed by atoms with Crippen molar-refractivity contribution in [3.63, 3.8) is 0 Å². The van der Waals surface area contributed by atoms with Crippen molar-refractivity contribution >= 4 is 33.6 Å². The number of nitrogens with zero attached hydrogens (tertiary/aromatic N) is 1. The van der Waals surface area contributed by atoms with Gasteiger partial charge < -0.3 is 4.98 Å². The number of nitrogens with one attached hydrogen (secondary N) is 2. The van der Waals surface area contributed by atoms with Crippen LogP contribution in [0.15, 0.2) is 41.3 Å². The van der Waals surface area contributed by atoms with Crippen molar-refractivity contribution in [3.8, 4) is 11.1 Å². The maximum absolute atomic E-state index is 14.5. The first-order valence-corrected chi connectivity index (χ1v) is 8.53. The predicted octanol–water partition coefficient (Wildman–Crippen LogP) is 1.58. The summed E-state index contributed by atoms with van der Waals surface area (Å²) in [6, 6.07) is 6.78. The Hall–Kier alpha value is -2.40. The minimum atomic E-state index is -4.03. The third kappa shape index (κ3) is 4.05. The molecule has 138 valence electrons. The minimum Gasteiger partial charge on any atom is -0.307 e. The molecule has 0 amide bonds. The topological polar surface area (TPSA) is 118 Å². The SMILES string of the molecule is Cl.NS(=O)(=O)NCc1ccc(-c2ccnc3[nH]c(=O)ccc23)c(F)c1F. The first kappa shape index (κ1) is 19.9. The number of pyridine rings is 2. The van der Waals surface area contributed by atoms with Crippen LogP contribution < -0.4 is 15.4 Å². The highest BCUT2D eigenvalue weighted by molar-refractivity contribution is 7.87. The Kier molecular flexibility index (Phi) is 5.71. The third-order valence-corrected chi connectivity index (χ3v) is 4.10. The molecular formula is C15H13ClF2N4O3S. The summed E-state index contributed by atoms with van der Waals surface area (Å²) in [6.45, 7) is -0.480. The second-order valence-corrected chi connectivity index (χ2v) is 6.59. The standard InChI is InChI=1S/C15H12F2N4O3S.ClH/c16-13-8(7-20-25(18,23)24)1-2-10(14(13)17)9-5-6-19-15-11(9)3-4-12(22)21-15;/h1-6,20H,7H2,(H2,18,23,24)(H,19,21,22);1H. The van der Waals surface area contributed by atoms with Crippen LogP contribution in [0.3, 0.4) is 0 Å². The Morgan fingerprint density at radius 1 is 1.08 bits per heavy atom. The van der Waals surface area contributed by atoms with Crippen molar-refractivity contribution in [1.29, 1.82) is 0 Å². The molecule has 3 rings (SSSR count). The molecule has 0 fully saturated rings. The molecule has 0 aliphatic rings. The Labute approximate surface area is 152 Å². The first-order valence-electron chi connectivity index (χ1n) is 6.99. The van der Waals surface area contributed by atoms with Gasteiger partial charge in [0.25, 0.3) is 10.2 Å². The van der Waals surface area contributed by atoms with Crippen LogP contribution in [-0.2, 0) is 16.8 Å². The van der Waals surface area contributed by atoms with E-state index in [1.807, 2.05) is 4.72 Å². The van der Waals surface area contributed by atoms with Crippen molar-refractivity contribution in [2.45, 2.75) is 6.54 Å². The maximum atomic E-state index is 14.5. The van der Waals surface area contributed by atoms with Crippen molar-refractivity contribution in [3.05, 3.63) is 64.1 Å². The zero-order valence-electron chi connectivity index (χ0n) is 13.0. The van der Waals surface area contributed by atoms with Gasteiger partial charge in [-0.15, -0.1) is 12.4 Å². The number of benzene rings is 1. The molecular weight excluding hydrogens is 390 g/mol. The summed E-state index contributed by atoms with van der Waals surface area (Å²) >= 11 is 0. The molecule has 0 radical (unpaired) electrons. The molecule has 26 heavy (non-hydrogen) atoms. The molecule has 0 bridgehead atoms. The smallest absolute Gasteiger partial charge is 0.274 e. The van der Waals surface area contributed by atoms with Crippen molar-refractivity contribution in [1.82, 2.24) is 14.7 Å². The Bertz CT molecular complexity index is 1140. The summed E-state index contributed by atoms with van der Waals surface area (Å²) in [5, 5.41) is 5.22. The zero-order chi connectivity index (χ0) is 18.2. The van der Waals surface area contributed by atoms with Crippen LogP contribution in [0.4, 0.5) is 8.78 Å². The summed E-state index contributed by atoms with van der Waals surface area (Å²) in [5.41, 5.74) is -0.0278. The summed E-state index contributed by atoms with van der Waals surface area (Å²) in [6.07, 6.45) is 1.36. The number of hydrogen-bond donors (Lipinski definition) is 3. The van der Waals surface area contributed by atoms with Crippen LogP contribution in [0.5, 0.6) is 0 Å². The number of H-pyrrole nitrogens is 1. The van der Waals surface area contributed by atoms with Gasteiger partial charge in [0.2, 0.25) is 5.56 Å². The van der Waals surface area contributed by atoms with Gasteiger partial charge in [0.1, 0.15) is 5.65 Å². The number of aromatic amines is 1. The van der Waals surface area contributed by atoms with Crippen LogP contribution in [0.1, 0.15) is 5.56 Å².